The number of carbonyl (C=O) groups is 2. The van der Waals surface area contributed by atoms with Gasteiger partial charge in [-0.1, -0.05) is 0 Å². The number of hydrogen-bond donors (Lipinski definition) is 0. The van der Waals surface area contributed by atoms with Crippen molar-refractivity contribution in [2.75, 3.05) is 57.4 Å². The summed E-state index contributed by atoms with van der Waals surface area (Å²) in [5.41, 5.74) is 0.573. The van der Waals surface area contributed by atoms with Gasteiger partial charge in [-0.15, -0.1) is 10.2 Å². The predicted octanol–water partition coefficient (Wildman–Crippen LogP) is 5.91. The number of amides is 1. The molecule has 7 rings (SSSR count). The molecule has 3 saturated heterocycles. The lowest BCUT2D eigenvalue weighted by molar-refractivity contribution is -0.130. The van der Waals surface area contributed by atoms with Crippen LogP contribution in [0.2, 0.25) is 0 Å². The van der Waals surface area contributed by atoms with Crippen LogP contribution < -0.4 is 9.64 Å². The largest absolute Gasteiger partial charge is 0.434 e. The molecule has 1 aromatic heterocycles. The Kier molecular flexibility index (Phi) is 9.21. The number of Topliss-reactive ketones (excluding diaryl/α,β-unsaturated/α-hetero) is 1. The highest BCUT2D eigenvalue weighted by Crippen LogP contribution is 2.58. The molecule has 0 radical (unpaired) electrons. The topological polar surface area (TPSA) is 101 Å². The molecule has 2 aliphatic carbocycles. The Morgan fingerprint density at radius 1 is 1.08 bits per heavy atom. The quantitative estimate of drug-likeness (QED) is 0.342. The first kappa shape index (κ1) is 33.3. The second kappa shape index (κ2) is 13.3. The number of rotatable bonds is 8. The van der Waals surface area contributed by atoms with Gasteiger partial charge in [0.15, 0.2) is 5.82 Å². The maximum absolute atomic E-state index is 14.3. The molecule has 260 valence electrons. The van der Waals surface area contributed by atoms with Gasteiger partial charge in [-0.05, 0) is 121 Å². The van der Waals surface area contributed by atoms with E-state index in [-0.39, 0.29) is 45.4 Å². The van der Waals surface area contributed by atoms with Crippen LogP contribution in [0.1, 0.15) is 95.3 Å². The summed E-state index contributed by atoms with van der Waals surface area (Å²) >= 11 is 0. The van der Waals surface area contributed by atoms with E-state index in [0.29, 0.717) is 18.1 Å². The number of benzene rings is 1. The molecule has 5 aliphatic rings. The van der Waals surface area contributed by atoms with Gasteiger partial charge in [-0.25, -0.2) is 9.37 Å². The molecule has 3 aliphatic heterocycles. The average molecular weight is 663 g/mol. The summed E-state index contributed by atoms with van der Waals surface area (Å²) in [7, 11) is 0. The molecule has 0 N–H and O–H groups in total. The maximum Gasteiger partial charge on any atom is 0.282 e. The normalized spacial score (nSPS) is 26.7. The number of aromatic nitrogens is 3. The van der Waals surface area contributed by atoms with Crippen molar-refractivity contribution in [2.24, 2.45) is 22.2 Å². The predicted molar refractivity (Wildman–Crippen MR) is 180 cm³/mol. The van der Waals surface area contributed by atoms with E-state index in [0.717, 1.165) is 83.8 Å². The molecular weight excluding hydrogens is 611 g/mol. The fourth-order valence-electron chi connectivity index (χ4n) is 9.56. The zero-order chi connectivity index (χ0) is 33.5. The van der Waals surface area contributed by atoms with Crippen LogP contribution >= 0.6 is 0 Å². The van der Waals surface area contributed by atoms with E-state index in [4.69, 9.17) is 9.47 Å². The van der Waals surface area contributed by atoms with Crippen molar-refractivity contribution in [3.05, 3.63) is 35.9 Å². The monoisotopic (exact) mass is 662 g/mol. The lowest BCUT2D eigenvalue weighted by atomic mass is 9.66. The Hall–Kier alpha value is -3.18. The fourth-order valence-corrected chi connectivity index (χ4v) is 9.56. The number of likely N-dealkylation sites (tertiary alicyclic amines) is 1. The Morgan fingerprint density at radius 3 is 2.50 bits per heavy atom. The summed E-state index contributed by atoms with van der Waals surface area (Å²) in [5.74, 6) is 1.52. The van der Waals surface area contributed by atoms with Gasteiger partial charge in [0, 0.05) is 62.7 Å². The first-order valence-electron chi connectivity index (χ1n) is 18.2. The number of piperidine rings is 1. The Bertz CT molecular complexity index is 1490. The molecule has 0 unspecified atom stereocenters. The number of nitrogens with zero attached hydrogens (tertiary/aromatic N) is 6. The molecule has 2 aromatic rings. The Labute approximate surface area is 283 Å². The van der Waals surface area contributed by atoms with E-state index in [1.54, 1.807) is 4.90 Å². The molecule has 1 aromatic carbocycles. The summed E-state index contributed by atoms with van der Waals surface area (Å²) in [4.78, 5) is 37.5. The van der Waals surface area contributed by atoms with Crippen molar-refractivity contribution >= 4 is 17.5 Å². The number of halogens is 1. The number of ketones is 1. The summed E-state index contributed by atoms with van der Waals surface area (Å²) in [5, 5.41) is 8.20. The van der Waals surface area contributed by atoms with Crippen LogP contribution in [0.3, 0.4) is 0 Å². The summed E-state index contributed by atoms with van der Waals surface area (Å²) < 4.78 is 26.1. The maximum atomic E-state index is 14.3. The van der Waals surface area contributed by atoms with E-state index in [2.05, 4.69) is 25.0 Å². The van der Waals surface area contributed by atoms with E-state index in [1.165, 1.54) is 56.8 Å². The second-order valence-corrected chi connectivity index (χ2v) is 15.8. The van der Waals surface area contributed by atoms with Crippen LogP contribution in [0, 0.1) is 28.0 Å². The van der Waals surface area contributed by atoms with Gasteiger partial charge in [-0.2, -0.15) is 0 Å². The molecule has 4 heterocycles. The smallest absolute Gasteiger partial charge is 0.282 e. The number of hydrogen-bond acceptors (Lipinski definition) is 9. The Morgan fingerprint density at radius 2 is 1.81 bits per heavy atom. The third kappa shape index (κ3) is 6.44. The number of anilines is 1. The van der Waals surface area contributed by atoms with Gasteiger partial charge < -0.3 is 24.2 Å². The van der Waals surface area contributed by atoms with Crippen LogP contribution in [0.15, 0.2) is 24.5 Å². The van der Waals surface area contributed by atoms with Crippen molar-refractivity contribution in [1.82, 2.24) is 25.0 Å². The lowest BCUT2D eigenvalue weighted by Gasteiger charge is -2.54. The molecule has 10 nitrogen and oxygen atoms in total. The van der Waals surface area contributed by atoms with Crippen LogP contribution in [-0.4, -0.2) is 95.2 Å². The van der Waals surface area contributed by atoms with Crippen molar-refractivity contribution in [2.45, 2.75) is 91.0 Å². The van der Waals surface area contributed by atoms with E-state index in [9.17, 15) is 14.0 Å². The molecule has 3 spiro atoms. The lowest BCUT2D eigenvalue weighted by Crippen LogP contribution is -2.61. The first-order chi connectivity index (χ1) is 23.1. The highest BCUT2D eigenvalue weighted by molar-refractivity contribution is 5.97. The molecule has 48 heavy (non-hydrogen) atoms. The Balaban J connectivity index is 0.921. The SMILES string of the molecule is CCN(C(=O)c1cc(F)ccc1Oc1nncnc1N1CC2(CCN(CC3CCC4(CC3)CC(=O)C3(CCOCC3)C4)CC2)C1)C(C)C. The van der Waals surface area contributed by atoms with E-state index in [1.807, 2.05) is 20.8 Å². The molecule has 2 saturated carbocycles. The van der Waals surface area contributed by atoms with E-state index >= 15 is 0 Å². The second-order valence-electron chi connectivity index (χ2n) is 15.8. The molecular formula is C37H51FN6O4. The van der Waals surface area contributed by atoms with E-state index < -0.39 is 5.82 Å². The van der Waals surface area contributed by atoms with Gasteiger partial charge in [0.1, 0.15) is 23.7 Å². The van der Waals surface area contributed by atoms with Crippen molar-refractivity contribution in [3.8, 4) is 11.6 Å². The van der Waals surface area contributed by atoms with Crippen LogP contribution in [0.25, 0.3) is 0 Å². The minimum atomic E-state index is -0.500. The van der Waals surface area contributed by atoms with Crippen molar-refractivity contribution in [1.29, 1.82) is 0 Å². The van der Waals surface area contributed by atoms with Crippen LogP contribution in [-0.2, 0) is 9.53 Å². The van der Waals surface area contributed by atoms with Crippen molar-refractivity contribution < 1.29 is 23.5 Å². The zero-order valence-electron chi connectivity index (χ0n) is 28.9. The van der Waals surface area contributed by atoms with Gasteiger partial charge in [-0.3, -0.25) is 9.59 Å². The molecule has 1 amide bonds. The third-order valence-corrected chi connectivity index (χ3v) is 12.4. The average Bonchev–Trinajstić information content (AvgIpc) is 3.32. The van der Waals surface area contributed by atoms with Gasteiger partial charge >= 0.3 is 0 Å². The zero-order valence-corrected chi connectivity index (χ0v) is 28.9. The number of ether oxygens (including phenoxy) is 2. The molecule has 0 atom stereocenters. The van der Waals surface area contributed by atoms with Crippen LogP contribution in [0.5, 0.6) is 11.6 Å². The third-order valence-electron chi connectivity index (χ3n) is 12.4. The van der Waals surface area contributed by atoms with Crippen molar-refractivity contribution in [3.63, 3.8) is 0 Å². The highest BCUT2D eigenvalue weighted by Gasteiger charge is 2.55. The summed E-state index contributed by atoms with van der Waals surface area (Å²) in [6.07, 6.45) is 12.4. The van der Waals surface area contributed by atoms with Gasteiger partial charge in [0.2, 0.25) is 0 Å². The molecule has 11 heteroatoms. The summed E-state index contributed by atoms with van der Waals surface area (Å²) in [6, 6.07) is 3.95. The number of carbonyl (C=O) groups excluding carboxylic acids is 2. The highest BCUT2D eigenvalue weighted by atomic mass is 19.1. The minimum Gasteiger partial charge on any atom is -0.434 e. The minimum absolute atomic E-state index is 0.0418. The standard InChI is InChI=1S/C37H51FN6O4/c1-4-44(26(2)3)34(46)29-19-28(38)5-6-30(29)48-33-32(39-25-40-41-33)43-23-36(24-43)11-15-42(16-12-36)21-27-7-9-35(10-8-27)20-31(45)37(22-35)13-17-47-18-14-37/h5-6,19,25-27H,4,7-18,20-24H2,1-3H3. The first-order valence-corrected chi connectivity index (χ1v) is 18.2. The summed E-state index contributed by atoms with van der Waals surface area (Å²) in [6.45, 7) is 12.9. The van der Waals surface area contributed by atoms with Crippen LogP contribution in [0.4, 0.5) is 10.2 Å². The van der Waals surface area contributed by atoms with Gasteiger partial charge in [0.25, 0.3) is 11.8 Å². The van der Waals surface area contributed by atoms with Gasteiger partial charge in [0.05, 0.1) is 5.56 Å². The molecule has 0 bridgehead atoms. The fraction of sp³-hybridized carbons (Fsp3) is 0.703. The molecule has 5 fully saturated rings.